The van der Waals surface area contributed by atoms with Gasteiger partial charge in [-0.25, -0.2) is 13.6 Å². The summed E-state index contributed by atoms with van der Waals surface area (Å²) in [5.74, 6) is -3.24. The number of rotatable bonds is 4. The molecule has 1 amide bonds. The Morgan fingerprint density at radius 1 is 1.42 bits per heavy atom. The summed E-state index contributed by atoms with van der Waals surface area (Å²) in [6.45, 7) is -0.0343. The van der Waals surface area contributed by atoms with Gasteiger partial charge in [0.1, 0.15) is 0 Å². The number of hydrogen-bond donors (Lipinski definition) is 1. The minimum Gasteiger partial charge on any atom is -0.449 e. The summed E-state index contributed by atoms with van der Waals surface area (Å²) in [5.41, 5.74) is 0.427. The van der Waals surface area contributed by atoms with Crippen LogP contribution >= 0.6 is 23.2 Å². The number of hydrogen-bond acceptors (Lipinski definition) is 2. The monoisotopic (exact) mass is 309 g/mol. The van der Waals surface area contributed by atoms with E-state index in [-0.39, 0.29) is 19.4 Å². The average Bonchev–Trinajstić information content (AvgIpc) is 2.92. The normalized spacial score (nSPS) is 19.9. The van der Waals surface area contributed by atoms with E-state index >= 15 is 0 Å². The molecule has 1 unspecified atom stereocenters. The van der Waals surface area contributed by atoms with E-state index in [2.05, 4.69) is 5.32 Å². The Labute approximate surface area is 118 Å². The highest BCUT2D eigenvalue weighted by atomic mass is 35.5. The van der Waals surface area contributed by atoms with Gasteiger partial charge in [-0.15, -0.1) is 0 Å². The van der Waals surface area contributed by atoms with Gasteiger partial charge in [0.25, 0.3) is 5.92 Å². The first-order chi connectivity index (χ1) is 8.88. The fourth-order valence-electron chi connectivity index (χ4n) is 1.60. The molecule has 1 saturated carbocycles. The lowest BCUT2D eigenvalue weighted by Crippen LogP contribution is -2.15. The fourth-order valence-corrected chi connectivity index (χ4v) is 1.90. The highest BCUT2D eigenvalue weighted by Crippen LogP contribution is 2.50. The van der Waals surface area contributed by atoms with Gasteiger partial charge < -0.3 is 4.74 Å². The Hall–Kier alpha value is -1.07. The standard InChI is InChI=1S/C12H11Cl2F2NO2/c13-9-2-1-8(5-10(9)14)17-11(18)19-4-3-7-6-12(7,15)16/h1-2,5,7H,3-4,6H2,(H,17,18). The molecular formula is C12H11Cl2F2NO2. The lowest BCUT2D eigenvalue weighted by molar-refractivity contribution is 0.0886. The second-order valence-corrected chi connectivity index (χ2v) is 5.15. The van der Waals surface area contributed by atoms with Crippen molar-refractivity contribution in [2.75, 3.05) is 11.9 Å². The van der Waals surface area contributed by atoms with Gasteiger partial charge in [0.15, 0.2) is 0 Å². The second kappa shape index (κ2) is 5.51. The molecule has 104 valence electrons. The number of benzene rings is 1. The molecule has 1 N–H and O–H groups in total. The second-order valence-electron chi connectivity index (χ2n) is 4.34. The van der Waals surface area contributed by atoms with Gasteiger partial charge in [-0.05, 0) is 24.6 Å². The van der Waals surface area contributed by atoms with Crippen LogP contribution in [0.5, 0.6) is 0 Å². The molecule has 1 aromatic carbocycles. The molecule has 1 aliphatic carbocycles. The van der Waals surface area contributed by atoms with Crippen molar-refractivity contribution in [2.24, 2.45) is 5.92 Å². The van der Waals surface area contributed by atoms with Crippen LogP contribution in [0.3, 0.4) is 0 Å². The third-order valence-corrected chi connectivity index (χ3v) is 3.56. The van der Waals surface area contributed by atoms with Gasteiger partial charge in [-0.3, -0.25) is 5.32 Å². The molecule has 0 saturated heterocycles. The van der Waals surface area contributed by atoms with Gasteiger partial charge in [-0.2, -0.15) is 0 Å². The van der Waals surface area contributed by atoms with Crippen LogP contribution in [-0.2, 0) is 4.74 Å². The Balaban J connectivity index is 1.73. The highest BCUT2D eigenvalue weighted by Gasteiger charge is 2.56. The maximum atomic E-state index is 12.6. The molecule has 0 spiro atoms. The first-order valence-corrected chi connectivity index (χ1v) is 6.41. The first-order valence-electron chi connectivity index (χ1n) is 5.65. The van der Waals surface area contributed by atoms with E-state index in [1.165, 1.54) is 12.1 Å². The van der Waals surface area contributed by atoms with Crippen molar-refractivity contribution in [1.82, 2.24) is 0 Å². The van der Waals surface area contributed by atoms with Crippen molar-refractivity contribution < 1.29 is 18.3 Å². The lowest BCUT2D eigenvalue weighted by atomic mass is 10.3. The molecule has 2 rings (SSSR count). The van der Waals surface area contributed by atoms with Gasteiger partial charge >= 0.3 is 6.09 Å². The minimum absolute atomic E-state index is 0.0343. The van der Waals surface area contributed by atoms with Crippen LogP contribution in [-0.4, -0.2) is 18.6 Å². The van der Waals surface area contributed by atoms with Crippen LogP contribution in [0.25, 0.3) is 0 Å². The van der Waals surface area contributed by atoms with Crippen LogP contribution in [0.2, 0.25) is 10.0 Å². The first kappa shape index (κ1) is 14.3. The van der Waals surface area contributed by atoms with E-state index < -0.39 is 17.9 Å². The molecule has 0 heterocycles. The maximum Gasteiger partial charge on any atom is 0.411 e. The number of carbonyl (C=O) groups excluding carboxylic acids is 1. The van der Waals surface area contributed by atoms with Crippen molar-refractivity contribution in [1.29, 1.82) is 0 Å². The Kier molecular flexibility index (Phi) is 4.16. The van der Waals surface area contributed by atoms with E-state index in [1.807, 2.05) is 0 Å². The summed E-state index contributed by atoms with van der Waals surface area (Å²) in [6, 6.07) is 4.56. The number of anilines is 1. The molecule has 0 radical (unpaired) electrons. The molecule has 0 bridgehead atoms. The SMILES string of the molecule is O=C(Nc1ccc(Cl)c(Cl)c1)OCCC1CC1(F)F. The summed E-state index contributed by atoms with van der Waals surface area (Å²) < 4.78 is 29.9. The number of carbonyl (C=O) groups is 1. The van der Waals surface area contributed by atoms with Gasteiger partial charge in [0.05, 0.1) is 16.7 Å². The largest absolute Gasteiger partial charge is 0.449 e. The molecule has 0 aromatic heterocycles. The molecule has 1 aliphatic rings. The van der Waals surface area contributed by atoms with E-state index in [1.54, 1.807) is 6.07 Å². The van der Waals surface area contributed by atoms with Crippen LogP contribution in [0, 0.1) is 5.92 Å². The number of nitrogens with one attached hydrogen (secondary N) is 1. The summed E-state index contributed by atoms with van der Waals surface area (Å²) in [4.78, 5) is 11.4. The maximum absolute atomic E-state index is 12.6. The molecule has 1 fully saturated rings. The quantitative estimate of drug-likeness (QED) is 0.883. The Morgan fingerprint density at radius 2 is 2.11 bits per heavy atom. The van der Waals surface area contributed by atoms with Gasteiger partial charge in [-0.1, -0.05) is 23.2 Å². The topological polar surface area (TPSA) is 38.3 Å². The molecule has 0 aliphatic heterocycles. The van der Waals surface area contributed by atoms with Crippen molar-refractivity contribution >= 4 is 35.0 Å². The number of alkyl halides is 2. The third kappa shape index (κ3) is 3.94. The van der Waals surface area contributed by atoms with Crippen molar-refractivity contribution in [3.8, 4) is 0 Å². The van der Waals surface area contributed by atoms with Gasteiger partial charge in [0, 0.05) is 18.0 Å². The summed E-state index contributed by atoms with van der Waals surface area (Å²) in [6.07, 6.45) is -0.658. The molecule has 7 heteroatoms. The average molecular weight is 310 g/mol. The zero-order chi connectivity index (χ0) is 14.0. The number of halogens is 4. The highest BCUT2D eigenvalue weighted by molar-refractivity contribution is 6.42. The predicted octanol–water partition coefficient (Wildman–Crippen LogP) is 4.59. The molecule has 19 heavy (non-hydrogen) atoms. The van der Waals surface area contributed by atoms with E-state index in [9.17, 15) is 13.6 Å². The van der Waals surface area contributed by atoms with E-state index in [0.717, 1.165) is 0 Å². The molecule has 1 aromatic rings. The van der Waals surface area contributed by atoms with Crippen LogP contribution < -0.4 is 5.32 Å². The van der Waals surface area contributed by atoms with Crippen LogP contribution in [0.1, 0.15) is 12.8 Å². The van der Waals surface area contributed by atoms with Crippen molar-refractivity contribution in [3.63, 3.8) is 0 Å². The predicted molar refractivity (Wildman–Crippen MR) is 69.1 cm³/mol. The summed E-state index contributed by atoms with van der Waals surface area (Å²) >= 11 is 11.5. The Bertz CT molecular complexity index is 497. The smallest absolute Gasteiger partial charge is 0.411 e. The number of ether oxygens (including phenoxy) is 1. The lowest BCUT2D eigenvalue weighted by Gasteiger charge is -2.07. The molecule has 3 nitrogen and oxygen atoms in total. The molecular weight excluding hydrogens is 299 g/mol. The van der Waals surface area contributed by atoms with Crippen molar-refractivity contribution in [3.05, 3.63) is 28.2 Å². The van der Waals surface area contributed by atoms with Crippen LogP contribution in [0.15, 0.2) is 18.2 Å². The third-order valence-electron chi connectivity index (χ3n) is 2.82. The minimum atomic E-state index is -2.58. The zero-order valence-electron chi connectivity index (χ0n) is 9.76. The fraction of sp³-hybridized carbons (Fsp3) is 0.417. The van der Waals surface area contributed by atoms with Crippen molar-refractivity contribution in [2.45, 2.75) is 18.8 Å². The van der Waals surface area contributed by atoms with Gasteiger partial charge in [0.2, 0.25) is 0 Å². The van der Waals surface area contributed by atoms with Crippen LogP contribution in [0.4, 0.5) is 19.3 Å². The summed E-state index contributed by atoms with van der Waals surface area (Å²) in [7, 11) is 0. The summed E-state index contributed by atoms with van der Waals surface area (Å²) in [5, 5.41) is 3.11. The number of amides is 1. The Morgan fingerprint density at radius 3 is 2.68 bits per heavy atom. The van der Waals surface area contributed by atoms with E-state index in [4.69, 9.17) is 27.9 Å². The van der Waals surface area contributed by atoms with E-state index in [0.29, 0.717) is 15.7 Å². The molecule has 1 atom stereocenters. The zero-order valence-corrected chi connectivity index (χ0v) is 11.3.